The molecular weight excluding hydrogens is 719 g/mol. The van der Waals surface area contributed by atoms with Crippen molar-refractivity contribution < 1.29 is 0 Å². The van der Waals surface area contributed by atoms with E-state index >= 15 is 0 Å². The molecule has 0 N–H and O–H groups in total. The molecule has 3 unspecified atom stereocenters. The van der Waals surface area contributed by atoms with Crippen molar-refractivity contribution in [1.29, 1.82) is 0 Å². The maximum absolute atomic E-state index is 5.07. The van der Waals surface area contributed by atoms with E-state index in [1.54, 1.807) is 0 Å². The second kappa shape index (κ2) is 14.9. The Kier molecular flexibility index (Phi) is 9.09. The van der Waals surface area contributed by atoms with E-state index in [1.807, 2.05) is 48.9 Å². The van der Waals surface area contributed by atoms with Crippen LogP contribution in [-0.2, 0) is 5.41 Å². The third kappa shape index (κ3) is 6.24. The number of rotatable bonds is 8. The number of benzene rings is 4. The van der Waals surface area contributed by atoms with Crippen LogP contribution in [0, 0.1) is 5.92 Å². The first-order valence-corrected chi connectivity index (χ1v) is 20.3. The molecule has 0 spiro atoms. The van der Waals surface area contributed by atoms with Gasteiger partial charge in [0.05, 0.1) is 33.5 Å². The molecule has 3 aliphatic rings. The standard InChI is InChI=1S/C54H43N5/c1-4-38(49-22-11-13-32-56-49)35-41(34-37(2)48-21-10-12-31-55-48)39-24-27-43(28-25-39)58-50-23-9-8-18-45(50)46-36-40(26-29-51(46)58)44-19-14-20-47-52(44)59(42-16-6-5-7-17-42)53-54(47,3)30-15-33-57-53/h5-24,26-36,39,53H,1,25H2,2-3H3/b37-34+,41-35+. The smallest absolute Gasteiger partial charge is 0.138 e. The van der Waals surface area contributed by atoms with Crippen LogP contribution in [0.3, 0.4) is 0 Å². The van der Waals surface area contributed by atoms with Gasteiger partial charge in [-0.3, -0.25) is 15.0 Å². The number of para-hydroxylation sites is 3. The SMILES string of the molecule is C=C=C(/C=C(\C=C(/C)c1ccccn1)C1C=CC(n2c3ccccc3c3cc(-c4cccc5c4N(c4ccccc4)C4N=CC=CC54C)ccc32)=CC1)c1ccccn1. The number of hydrogen-bond donors (Lipinski definition) is 0. The highest BCUT2D eigenvalue weighted by Gasteiger charge is 2.48. The lowest BCUT2D eigenvalue weighted by molar-refractivity contribution is 0.497. The van der Waals surface area contributed by atoms with E-state index in [0.29, 0.717) is 0 Å². The van der Waals surface area contributed by atoms with E-state index in [2.05, 4.69) is 185 Å². The van der Waals surface area contributed by atoms with Crippen molar-refractivity contribution in [2.45, 2.75) is 31.8 Å². The molecule has 0 amide bonds. The van der Waals surface area contributed by atoms with Crippen molar-refractivity contribution in [2.75, 3.05) is 4.90 Å². The molecule has 7 aromatic rings. The molecule has 3 atom stereocenters. The third-order valence-corrected chi connectivity index (χ3v) is 12.1. The number of allylic oxidation sites excluding steroid dienone is 10. The first kappa shape index (κ1) is 36.0. The van der Waals surface area contributed by atoms with Crippen molar-refractivity contribution in [3.8, 4) is 11.1 Å². The van der Waals surface area contributed by atoms with Gasteiger partial charge in [0.1, 0.15) is 6.17 Å². The molecule has 10 rings (SSSR count). The quantitative estimate of drug-likeness (QED) is 0.114. The number of aliphatic imine (C=N–C) groups is 1. The Balaban J connectivity index is 1.05. The largest absolute Gasteiger partial charge is 0.317 e. The minimum Gasteiger partial charge on any atom is -0.317 e. The highest BCUT2D eigenvalue weighted by atomic mass is 15.3. The molecule has 5 heteroatoms. The highest BCUT2D eigenvalue weighted by Crippen LogP contribution is 2.54. The van der Waals surface area contributed by atoms with Crippen molar-refractivity contribution in [2.24, 2.45) is 10.9 Å². The molecule has 5 heterocycles. The molecule has 284 valence electrons. The lowest BCUT2D eigenvalue weighted by Gasteiger charge is -2.33. The number of fused-ring (bicyclic) bond motifs is 6. The van der Waals surface area contributed by atoms with Gasteiger partial charge in [0.15, 0.2) is 0 Å². The average Bonchev–Trinajstić information content (AvgIpc) is 3.77. The number of pyridine rings is 2. The fourth-order valence-corrected chi connectivity index (χ4v) is 9.15. The monoisotopic (exact) mass is 761 g/mol. The van der Waals surface area contributed by atoms with Crippen LogP contribution < -0.4 is 4.90 Å². The van der Waals surface area contributed by atoms with Crippen LogP contribution in [-0.4, -0.2) is 26.9 Å². The van der Waals surface area contributed by atoms with Gasteiger partial charge in [0.2, 0.25) is 0 Å². The zero-order valence-electron chi connectivity index (χ0n) is 33.2. The van der Waals surface area contributed by atoms with Crippen molar-refractivity contribution in [3.63, 3.8) is 0 Å². The number of aromatic nitrogens is 3. The van der Waals surface area contributed by atoms with Gasteiger partial charge in [0.25, 0.3) is 0 Å². The van der Waals surface area contributed by atoms with E-state index in [1.165, 1.54) is 44.2 Å². The second-order valence-corrected chi connectivity index (χ2v) is 15.6. The molecule has 0 radical (unpaired) electrons. The summed E-state index contributed by atoms with van der Waals surface area (Å²) in [6, 6.07) is 45.2. The van der Waals surface area contributed by atoms with E-state index in [9.17, 15) is 0 Å². The Hall–Kier alpha value is -7.33. The zero-order chi connectivity index (χ0) is 39.9. The van der Waals surface area contributed by atoms with E-state index in [-0.39, 0.29) is 17.5 Å². The van der Waals surface area contributed by atoms with Gasteiger partial charge in [-0.15, -0.1) is 5.73 Å². The molecule has 59 heavy (non-hydrogen) atoms. The summed E-state index contributed by atoms with van der Waals surface area (Å²) in [7, 11) is 0. The minimum absolute atomic E-state index is 0.0651. The van der Waals surface area contributed by atoms with Crippen molar-refractivity contribution >= 4 is 56.2 Å². The van der Waals surface area contributed by atoms with Crippen LogP contribution in [0.1, 0.15) is 37.2 Å². The first-order valence-electron chi connectivity index (χ1n) is 20.3. The van der Waals surface area contributed by atoms with Crippen LogP contribution in [0.4, 0.5) is 11.4 Å². The van der Waals surface area contributed by atoms with Gasteiger partial charge in [-0.05, 0) is 115 Å². The lowest BCUT2D eigenvalue weighted by atomic mass is 9.80. The normalized spacial score (nSPS) is 19.8. The summed E-state index contributed by atoms with van der Waals surface area (Å²) in [6.07, 6.45) is 22.2. The zero-order valence-corrected chi connectivity index (χ0v) is 33.2. The van der Waals surface area contributed by atoms with Crippen LogP contribution >= 0.6 is 0 Å². The van der Waals surface area contributed by atoms with Crippen LogP contribution in [0.15, 0.2) is 205 Å². The lowest BCUT2D eigenvalue weighted by Crippen LogP contribution is -2.39. The molecule has 0 saturated heterocycles. The summed E-state index contributed by atoms with van der Waals surface area (Å²) in [5, 5.41) is 2.45. The molecule has 4 aromatic carbocycles. The van der Waals surface area contributed by atoms with Crippen LogP contribution in [0.2, 0.25) is 0 Å². The van der Waals surface area contributed by atoms with Gasteiger partial charge < -0.3 is 9.47 Å². The summed E-state index contributed by atoms with van der Waals surface area (Å²) in [6.45, 7) is 8.47. The predicted octanol–water partition coefficient (Wildman–Crippen LogP) is 12.9. The Morgan fingerprint density at radius 3 is 2.32 bits per heavy atom. The summed E-state index contributed by atoms with van der Waals surface area (Å²) in [5.41, 5.74) is 17.4. The average molecular weight is 762 g/mol. The summed E-state index contributed by atoms with van der Waals surface area (Å²) in [5.74, 6) is 0.127. The summed E-state index contributed by atoms with van der Waals surface area (Å²) < 4.78 is 2.42. The van der Waals surface area contributed by atoms with Crippen LogP contribution in [0.5, 0.6) is 0 Å². The maximum Gasteiger partial charge on any atom is 0.138 e. The summed E-state index contributed by atoms with van der Waals surface area (Å²) in [4.78, 5) is 16.7. The first-order chi connectivity index (χ1) is 29.0. The fraction of sp³-hybridized carbons (Fsp3) is 0.111. The molecule has 0 fully saturated rings. The van der Waals surface area contributed by atoms with Gasteiger partial charge >= 0.3 is 0 Å². The maximum atomic E-state index is 5.07. The topological polar surface area (TPSA) is 46.3 Å². The second-order valence-electron chi connectivity index (χ2n) is 15.6. The number of dihydropyridines is 1. The molecule has 3 aromatic heterocycles. The van der Waals surface area contributed by atoms with E-state index < -0.39 is 0 Å². The summed E-state index contributed by atoms with van der Waals surface area (Å²) >= 11 is 0. The van der Waals surface area contributed by atoms with Gasteiger partial charge in [-0.25, -0.2) is 0 Å². The third-order valence-electron chi connectivity index (χ3n) is 12.1. The molecule has 0 saturated carbocycles. The van der Waals surface area contributed by atoms with Gasteiger partial charge in [0, 0.05) is 57.8 Å². The predicted molar refractivity (Wildman–Crippen MR) is 247 cm³/mol. The molecule has 2 aliphatic heterocycles. The fourth-order valence-electron chi connectivity index (χ4n) is 9.15. The van der Waals surface area contributed by atoms with E-state index in [4.69, 9.17) is 4.99 Å². The highest BCUT2D eigenvalue weighted by molar-refractivity contribution is 6.12. The minimum atomic E-state index is -0.252. The number of hydrogen-bond acceptors (Lipinski definition) is 4. The Bertz CT molecular complexity index is 2990. The number of nitrogens with zero attached hydrogens (tertiary/aromatic N) is 5. The molecule has 1 aliphatic carbocycles. The van der Waals surface area contributed by atoms with Gasteiger partial charge in [-0.1, -0.05) is 104 Å². The molecule has 5 nitrogen and oxygen atoms in total. The van der Waals surface area contributed by atoms with Crippen molar-refractivity contribution in [3.05, 3.63) is 217 Å². The van der Waals surface area contributed by atoms with Gasteiger partial charge in [-0.2, -0.15) is 0 Å². The van der Waals surface area contributed by atoms with Crippen LogP contribution in [0.25, 0.3) is 49.8 Å². The van der Waals surface area contributed by atoms with Crippen molar-refractivity contribution in [1.82, 2.24) is 14.5 Å². The number of anilines is 2. The Morgan fingerprint density at radius 1 is 0.797 bits per heavy atom. The van der Waals surface area contributed by atoms with E-state index in [0.717, 1.165) is 45.9 Å². The molecule has 0 bridgehead atoms. The Morgan fingerprint density at radius 2 is 1.56 bits per heavy atom. The Labute approximate surface area is 345 Å². The molecular formula is C54H43N5.